The van der Waals surface area contributed by atoms with Gasteiger partial charge in [0.05, 0.1) is 13.2 Å². The van der Waals surface area contributed by atoms with Gasteiger partial charge in [0.15, 0.2) is 5.96 Å². The molecule has 1 saturated heterocycles. The second-order valence-electron chi connectivity index (χ2n) is 10.1. The lowest BCUT2D eigenvalue weighted by atomic mass is 10.1. The Hall–Kier alpha value is -4.03. The molecule has 0 aromatic carbocycles. The number of aliphatic imine (C=N–C) groups is 1. The summed E-state index contributed by atoms with van der Waals surface area (Å²) >= 11 is 0. The van der Waals surface area contributed by atoms with Gasteiger partial charge in [-0.2, -0.15) is 0 Å². The van der Waals surface area contributed by atoms with Crippen molar-refractivity contribution in [3.8, 4) is 0 Å². The van der Waals surface area contributed by atoms with Gasteiger partial charge < -0.3 is 59.3 Å². The number of unbranched alkanes of at least 4 members (excludes halogenated alkanes) is 1. The number of aliphatic hydroxyl groups excluding tert-OH is 1. The predicted octanol–water partition coefficient (Wildman–Crippen LogP) is -4.85. The van der Waals surface area contributed by atoms with E-state index in [9.17, 15) is 33.9 Å². The standard InChI is InChI=1S/C25H46N10O8/c1-14(24(42)43)31-20(38)15(6-2-3-9-26)33-22(40)18-8-5-11-35(18)23(41)16(7-4-10-30-25(28)29)34-21(39)17(13-36)32-19(37)12-27/h14-18,36H,2-13,26-27H2,1H3,(H,31,38)(H,32,37)(H,33,40)(H,34,39)(H,42,43)(H4,28,29,30)/t14-,15-,16-,17-,18-/m0/s1. The van der Waals surface area contributed by atoms with Crippen LogP contribution >= 0.6 is 0 Å². The first-order valence-electron chi connectivity index (χ1n) is 14.2. The SMILES string of the molecule is C[C@H](NC(=O)[C@H](CCCCN)NC(=O)[C@@H]1CCCN1C(=O)[C@H](CCCN=C(N)N)NC(=O)[C@H](CO)NC(=O)CN)C(=O)O. The molecule has 0 unspecified atom stereocenters. The van der Waals surface area contributed by atoms with Crippen molar-refractivity contribution in [2.75, 3.05) is 32.8 Å². The summed E-state index contributed by atoms with van der Waals surface area (Å²) in [6.07, 6.45) is 2.33. The number of amides is 5. The fourth-order valence-electron chi connectivity index (χ4n) is 4.39. The largest absolute Gasteiger partial charge is 0.480 e. The molecule has 0 aromatic rings. The monoisotopic (exact) mass is 614 g/mol. The van der Waals surface area contributed by atoms with Crippen LogP contribution < -0.4 is 44.2 Å². The fraction of sp³-hybridized carbons (Fsp3) is 0.720. The molecule has 14 N–H and O–H groups in total. The van der Waals surface area contributed by atoms with Crippen LogP contribution in [-0.4, -0.2) is 120 Å². The quantitative estimate of drug-likeness (QED) is 0.0372. The number of carboxylic acids is 1. The number of aliphatic hydroxyl groups is 1. The molecule has 18 heteroatoms. The molecule has 1 aliphatic rings. The maximum atomic E-state index is 13.7. The van der Waals surface area contributed by atoms with Crippen molar-refractivity contribution in [1.29, 1.82) is 0 Å². The lowest BCUT2D eigenvalue weighted by Crippen LogP contribution is -2.59. The van der Waals surface area contributed by atoms with Crippen molar-refractivity contribution in [1.82, 2.24) is 26.2 Å². The van der Waals surface area contributed by atoms with E-state index in [1.54, 1.807) is 0 Å². The molecule has 244 valence electrons. The van der Waals surface area contributed by atoms with E-state index in [4.69, 9.17) is 28.0 Å². The summed E-state index contributed by atoms with van der Waals surface area (Å²) in [4.78, 5) is 80.7. The Bertz CT molecular complexity index is 1010. The first-order valence-corrected chi connectivity index (χ1v) is 14.2. The zero-order valence-electron chi connectivity index (χ0n) is 24.4. The zero-order valence-corrected chi connectivity index (χ0v) is 24.4. The number of carboxylic acid groups (broad SMARTS) is 1. The van der Waals surface area contributed by atoms with Gasteiger partial charge in [0.1, 0.15) is 30.2 Å². The molecule has 1 rings (SSSR count). The first kappa shape index (κ1) is 37.0. The van der Waals surface area contributed by atoms with Crippen molar-refractivity contribution < 1.29 is 39.0 Å². The van der Waals surface area contributed by atoms with Crippen molar-refractivity contribution in [2.45, 2.75) is 82.1 Å². The van der Waals surface area contributed by atoms with Crippen molar-refractivity contribution in [3.63, 3.8) is 0 Å². The van der Waals surface area contributed by atoms with Gasteiger partial charge in [-0.1, -0.05) is 0 Å². The van der Waals surface area contributed by atoms with Crippen LogP contribution in [0.2, 0.25) is 0 Å². The van der Waals surface area contributed by atoms with E-state index in [1.807, 2.05) is 0 Å². The van der Waals surface area contributed by atoms with Crippen molar-refractivity contribution in [3.05, 3.63) is 0 Å². The lowest BCUT2D eigenvalue weighted by Gasteiger charge is -2.30. The Labute approximate surface area is 249 Å². The summed E-state index contributed by atoms with van der Waals surface area (Å²) in [6, 6.07) is -5.77. The Morgan fingerprint density at radius 3 is 2.14 bits per heavy atom. The summed E-state index contributed by atoms with van der Waals surface area (Å²) in [5.41, 5.74) is 21.5. The Morgan fingerprint density at radius 1 is 0.907 bits per heavy atom. The van der Waals surface area contributed by atoms with E-state index in [2.05, 4.69) is 26.3 Å². The van der Waals surface area contributed by atoms with E-state index < -0.39 is 78.9 Å². The molecule has 1 fully saturated rings. The number of likely N-dealkylation sites (tertiary alicyclic amines) is 1. The van der Waals surface area contributed by atoms with Crippen molar-refractivity contribution >= 4 is 41.5 Å². The summed E-state index contributed by atoms with van der Waals surface area (Å²) in [5.74, 6) is -4.83. The van der Waals surface area contributed by atoms with Crippen LogP contribution in [0.1, 0.15) is 51.9 Å². The highest BCUT2D eigenvalue weighted by molar-refractivity contribution is 5.96. The highest BCUT2D eigenvalue weighted by Gasteiger charge is 2.39. The molecule has 1 heterocycles. The van der Waals surface area contributed by atoms with Gasteiger partial charge in [-0.05, 0) is 58.4 Å². The maximum Gasteiger partial charge on any atom is 0.325 e. The van der Waals surface area contributed by atoms with Crippen LogP contribution in [0.3, 0.4) is 0 Å². The van der Waals surface area contributed by atoms with E-state index in [-0.39, 0.29) is 44.7 Å². The third kappa shape index (κ3) is 12.8. The minimum absolute atomic E-state index is 0.0619. The van der Waals surface area contributed by atoms with Gasteiger partial charge in [0.25, 0.3) is 0 Å². The molecule has 0 aromatic heterocycles. The third-order valence-corrected chi connectivity index (χ3v) is 6.73. The number of aliphatic carboxylic acids is 1. The third-order valence-electron chi connectivity index (χ3n) is 6.73. The topological polar surface area (TPSA) is 311 Å². The number of hydrogen-bond acceptors (Lipinski definition) is 10. The Kier molecular flexibility index (Phi) is 16.5. The van der Waals surface area contributed by atoms with Crippen molar-refractivity contribution in [2.24, 2.45) is 27.9 Å². The molecule has 18 nitrogen and oxygen atoms in total. The number of carbonyl (C=O) groups is 6. The predicted molar refractivity (Wildman–Crippen MR) is 155 cm³/mol. The van der Waals surface area contributed by atoms with E-state index in [0.29, 0.717) is 25.8 Å². The van der Waals surface area contributed by atoms with Crippen LogP contribution in [0.15, 0.2) is 4.99 Å². The number of carbonyl (C=O) groups excluding carboxylic acids is 5. The average molecular weight is 615 g/mol. The smallest absolute Gasteiger partial charge is 0.325 e. The number of nitrogens with zero attached hydrogens (tertiary/aromatic N) is 2. The molecule has 0 bridgehead atoms. The minimum atomic E-state index is -1.37. The zero-order chi connectivity index (χ0) is 32.5. The number of nitrogens with one attached hydrogen (secondary N) is 4. The van der Waals surface area contributed by atoms with Gasteiger partial charge in [0, 0.05) is 13.1 Å². The van der Waals surface area contributed by atoms with Crippen LogP contribution in [0.5, 0.6) is 0 Å². The second-order valence-corrected chi connectivity index (χ2v) is 10.1. The van der Waals surface area contributed by atoms with Gasteiger partial charge in [0.2, 0.25) is 29.5 Å². The number of rotatable bonds is 19. The van der Waals surface area contributed by atoms with E-state index >= 15 is 0 Å². The van der Waals surface area contributed by atoms with Crippen LogP contribution in [0.4, 0.5) is 0 Å². The van der Waals surface area contributed by atoms with Crippen LogP contribution in [-0.2, 0) is 28.8 Å². The summed E-state index contributed by atoms with van der Waals surface area (Å²) in [6.45, 7) is 0.812. The van der Waals surface area contributed by atoms with Crippen LogP contribution in [0, 0.1) is 0 Å². The molecular weight excluding hydrogens is 568 g/mol. The lowest BCUT2D eigenvalue weighted by molar-refractivity contribution is -0.143. The highest BCUT2D eigenvalue weighted by atomic mass is 16.4. The molecule has 5 atom stereocenters. The molecule has 0 aliphatic carbocycles. The van der Waals surface area contributed by atoms with Gasteiger partial charge in [-0.3, -0.25) is 33.8 Å². The number of hydrogen-bond donors (Lipinski definition) is 10. The summed E-state index contributed by atoms with van der Waals surface area (Å²) < 4.78 is 0. The molecule has 5 amide bonds. The van der Waals surface area contributed by atoms with Crippen LogP contribution in [0.25, 0.3) is 0 Å². The Morgan fingerprint density at radius 2 is 1.56 bits per heavy atom. The van der Waals surface area contributed by atoms with Gasteiger partial charge in [-0.25, -0.2) is 0 Å². The number of guanidine groups is 1. The molecule has 0 radical (unpaired) electrons. The molecule has 43 heavy (non-hydrogen) atoms. The van der Waals surface area contributed by atoms with E-state index in [0.717, 1.165) is 0 Å². The maximum absolute atomic E-state index is 13.7. The molecule has 1 aliphatic heterocycles. The summed E-state index contributed by atoms with van der Waals surface area (Å²) in [7, 11) is 0. The first-order chi connectivity index (χ1) is 20.4. The average Bonchev–Trinajstić information content (AvgIpc) is 3.46. The minimum Gasteiger partial charge on any atom is -0.480 e. The normalized spacial score (nSPS) is 17.1. The van der Waals surface area contributed by atoms with Gasteiger partial charge >= 0.3 is 5.97 Å². The summed E-state index contributed by atoms with van der Waals surface area (Å²) in [5, 5.41) is 28.5. The fourth-order valence-corrected chi connectivity index (χ4v) is 4.39. The Balaban J connectivity index is 3.12. The van der Waals surface area contributed by atoms with E-state index in [1.165, 1.54) is 11.8 Å². The molecule has 0 spiro atoms. The highest BCUT2D eigenvalue weighted by Crippen LogP contribution is 2.20. The second kappa shape index (κ2) is 19.2. The van der Waals surface area contributed by atoms with Gasteiger partial charge in [-0.15, -0.1) is 0 Å². The number of nitrogens with two attached hydrogens (primary N) is 4. The molecule has 0 saturated carbocycles. The molecular formula is C25H46N10O8.